The van der Waals surface area contributed by atoms with Crippen molar-refractivity contribution in [2.45, 2.75) is 13.3 Å². The van der Waals surface area contributed by atoms with Crippen molar-refractivity contribution in [1.29, 1.82) is 0 Å². The zero-order valence-corrected chi connectivity index (χ0v) is 9.93. The summed E-state index contributed by atoms with van der Waals surface area (Å²) >= 11 is 0. The van der Waals surface area contributed by atoms with Crippen LogP contribution in [0.4, 0.5) is 4.79 Å². The Hall–Kier alpha value is -2.30. The molecule has 5 heteroatoms. The fourth-order valence-corrected chi connectivity index (χ4v) is 1.47. The van der Waals surface area contributed by atoms with E-state index in [1.165, 1.54) is 12.1 Å². The molecule has 5 nitrogen and oxygen atoms in total. The lowest BCUT2D eigenvalue weighted by Gasteiger charge is -2.05. The highest BCUT2D eigenvalue weighted by molar-refractivity contribution is 5.79. The van der Waals surface area contributed by atoms with E-state index in [4.69, 9.17) is 9.15 Å². The summed E-state index contributed by atoms with van der Waals surface area (Å²) in [5.74, 6) is 0.338. The van der Waals surface area contributed by atoms with Crippen molar-refractivity contribution in [1.82, 2.24) is 5.32 Å². The van der Waals surface area contributed by atoms with Crippen molar-refractivity contribution in [2.75, 3.05) is 6.54 Å². The molecule has 0 aliphatic heterocycles. The number of rotatable bonds is 3. The van der Waals surface area contributed by atoms with E-state index in [0.717, 1.165) is 11.8 Å². The Morgan fingerprint density at radius 2 is 2.11 bits per heavy atom. The molecule has 94 valence electrons. The highest BCUT2D eigenvalue weighted by Gasteiger charge is 2.05. The number of ether oxygens (including phenoxy) is 1. The van der Waals surface area contributed by atoms with Crippen LogP contribution < -0.4 is 15.7 Å². The molecule has 1 aromatic carbocycles. The minimum absolute atomic E-state index is 0.338. The fraction of sp³-hybridized carbons (Fsp3) is 0.231. The maximum absolute atomic E-state index is 11.3. The summed E-state index contributed by atoms with van der Waals surface area (Å²) in [4.78, 5) is 22.4. The Labute approximate surface area is 103 Å². The van der Waals surface area contributed by atoms with Crippen LogP contribution in [0.5, 0.6) is 5.75 Å². The van der Waals surface area contributed by atoms with Gasteiger partial charge in [0.1, 0.15) is 11.3 Å². The first kappa shape index (κ1) is 12.2. The maximum atomic E-state index is 11.3. The van der Waals surface area contributed by atoms with E-state index < -0.39 is 11.7 Å². The van der Waals surface area contributed by atoms with Gasteiger partial charge >= 0.3 is 11.7 Å². The first-order chi connectivity index (χ1) is 8.69. The van der Waals surface area contributed by atoms with Gasteiger partial charge in [-0.15, -0.1) is 0 Å². The van der Waals surface area contributed by atoms with Gasteiger partial charge in [-0.3, -0.25) is 0 Å². The molecule has 2 aromatic rings. The molecule has 1 amide bonds. The maximum Gasteiger partial charge on any atom is 0.412 e. The Balaban J connectivity index is 2.19. The Kier molecular flexibility index (Phi) is 3.62. The van der Waals surface area contributed by atoms with Crippen LogP contribution in [0.2, 0.25) is 0 Å². The lowest BCUT2D eigenvalue weighted by atomic mass is 10.2. The summed E-state index contributed by atoms with van der Waals surface area (Å²) in [7, 11) is 0. The van der Waals surface area contributed by atoms with Gasteiger partial charge in [-0.25, -0.2) is 9.59 Å². The molecule has 1 aromatic heterocycles. The van der Waals surface area contributed by atoms with Gasteiger partial charge < -0.3 is 14.5 Å². The molecule has 0 saturated heterocycles. The number of carbonyl (C=O) groups is 1. The van der Waals surface area contributed by atoms with Gasteiger partial charge in [0.2, 0.25) is 0 Å². The van der Waals surface area contributed by atoms with Gasteiger partial charge in [-0.05, 0) is 24.6 Å². The van der Waals surface area contributed by atoms with E-state index in [9.17, 15) is 9.59 Å². The molecule has 0 aliphatic rings. The van der Waals surface area contributed by atoms with Crippen LogP contribution in [0.15, 0.2) is 39.5 Å². The second-order valence-electron chi connectivity index (χ2n) is 3.77. The number of hydrogen-bond donors (Lipinski definition) is 1. The van der Waals surface area contributed by atoms with Crippen molar-refractivity contribution in [3.05, 3.63) is 40.8 Å². The second-order valence-corrected chi connectivity index (χ2v) is 3.77. The first-order valence-corrected chi connectivity index (χ1v) is 5.68. The number of benzene rings is 1. The first-order valence-electron chi connectivity index (χ1n) is 5.68. The average Bonchev–Trinajstić information content (AvgIpc) is 2.36. The van der Waals surface area contributed by atoms with E-state index in [2.05, 4.69) is 5.32 Å². The number of carbonyl (C=O) groups excluding carboxylic acids is 1. The molecule has 0 fully saturated rings. The number of fused-ring (bicyclic) bond motifs is 1. The summed E-state index contributed by atoms with van der Waals surface area (Å²) in [5, 5.41) is 3.36. The van der Waals surface area contributed by atoms with Crippen LogP contribution >= 0.6 is 0 Å². The third-order valence-electron chi connectivity index (χ3n) is 2.32. The van der Waals surface area contributed by atoms with E-state index in [-0.39, 0.29) is 0 Å². The van der Waals surface area contributed by atoms with Crippen LogP contribution in [-0.2, 0) is 0 Å². The molecular weight excluding hydrogens is 234 g/mol. The fourth-order valence-electron chi connectivity index (χ4n) is 1.47. The highest BCUT2D eigenvalue weighted by atomic mass is 16.6. The third kappa shape index (κ3) is 2.88. The van der Waals surface area contributed by atoms with Crippen molar-refractivity contribution >= 4 is 17.1 Å². The standard InChI is InChI=1S/C13H13NO4/c1-2-7-14-13(16)17-10-5-3-9-4-6-12(15)18-11(9)8-10/h3-6,8H,2,7H2,1H3,(H,14,16). The normalized spacial score (nSPS) is 10.3. The summed E-state index contributed by atoms with van der Waals surface area (Å²) in [6.45, 7) is 2.51. The third-order valence-corrected chi connectivity index (χ3v) is 2.32. The van der Waals surface area contributed by atoms with Crippen molar-refractivity contribution in [2.24, 2.45) is 0 Å². The summed E-state index contributed by atoms with van der Waals surface area (Å²) in [6, 6.07) is 7.88. The lowest BCUT2D eigenvalue weighted by Crippen LogP contribution is -2.27. The predicted octanol–water partition coefficient (Wildman–Crippen LogP) is 2.29. The van der Waals surface area contributed by atoms with Crippen LogP contribution in [0, 0.1) is 0 Å². The zero-order chi connectivity index (χ0) is 13.0. The minimum Gasteiger partial charge on any atom is -0.423 e. The molecule has 0 bridgehead atoms. The van der Waals surface area contributed by atoms with Crippen molar-refractivity contribution < 1.29 is 13.9 Å². The van der Waals surface area contributed by atoms with Crippen LogP contribution in [0.1, 0.15) is 13.3 Å². The van der Waals surface area contributed by atoms with Gasteiger partial charge in [0.15, 0.2) is 0 Å². The van der Waals surface area contributed by atoms with Crippen LogP contribution in [-0.4, -0.2) is 12.6 Å². The Morgan fingerprint density at radius 1 is 1.33 bits per heavy atom. The van der Waals surface area contributed by atoms with Gasteiger partial charge in [-0.2, -0.15) is 0 Å². The van der Waals surface area contributed by atoms with Gasteiger partial charge in [0.25, 0.3) is 0 Å². The lowest BCUT2D eigenvalue weighted by molar-refractivity contribution is 0.200. The molecule has 1 heterocycles. The number of nitrogens with one attached hydrogen (secondary N) is 1. The summed E-state index contributed by atoms with van der Waals surface area (Å²) in [6.07, 6.45) is 0.316. The van der Waals surface area contributed by atoms with E-state index in [0.29, 0.717) is 17.9 Å². The molecule has 0 aliphatic carbocycles. The van der Waals surface area contributed by atoms with Gasteiger partial charge in [-0.1, -0.05) is 6.92 Å². The summed E-state index contributed by atoms with van der Waals surface area (Å²) in [5.41, 5.74) is -0.0432. The smallest absolute Gasteiger partial charge is 0.412 e. The molecule has 0 spiro atoms. The summed E-state index contributed by atoms with van der Waals surface area (Å²) < 4.78 is 10.1. The molecule has 2 rings (SSSR count). The van der Waals surface area contributed by atoms with Gasteiger partial charge in [0.05, 0.1) is 0 Å². The Bertz CT molecular complexity index is 618. The highest BCUT2D eigenvalue weighted by Crippen LogP contribution is 2.19. The second kappa shape index (κ2) is 5.35. The zero-order valence-electron chi connectivity index (χ0n) is 9.93. The monoisotopic (exact) mass is 247 g/mol. The predicted molar refractivity (Wildman–Crippen MR) is 66.8 cm³/mol. The SMILES string of the molecule is CCCNC(=O)Oc1ccc2ccc(=O)oc2c1. The van der Waals surface area contributed by atoms with Crippen LogP contribution in [0.25, 0.3) is 11.0 Å². The molecule has 0 radical (unpaired) electrons. The molecule has 18 heavy (non-hydrogen) atoms. The molecule has 0 unspecified atom stereocenters. The van der Waals surface area contributed by atoms with E-state index >= 15 is 0 Å². The topological polar surface area (TPSA) is 68.5 Å². The Morgan fingerprint density at radius 3 is 2.89 bits per heavy atom. The molecule has 1 N–H and O–H groups in total. The van der Waals surface area contributed by atoms with Crippen LogP contribution in [0.3, 0.4) is 0 Å². The van der Waals surface area contributed by atoms with E-state index in [1.54, 1.807) is 18.2 Å². The molecule has 0 saturated carbocycles. The van der Waals surface area contributed by atoms with Crippen molar-refractivity contribution in [3.63, 3.8) is 0 Å². The van der Waals surface area contributed by atoms with Gasteiger partial charge in [0, 0.05) is 24.1 Å². The average molecular weight is 247 g/mol. The van der Waals surface area contributed by atoms with Crippen molar-refractivity contribution in [3.8, 4) is 5.75 Å². The van der Waals surface area contributed by atoms with E-state index in [1.807, 2.05) is 6.92 Å². The quantitative estimate of drug-likeness (QED) is 0.845. The number of hydrogen-bond acceptors (Lipinski definition) is 4. The minimum atomic E-state index is -0.519. The number of amides is 1. The molecular formula is C13H13NO4. The molecule has 0 atom stereocenters. The largest absolute Gasteiger partial charge is 0.423 e.